The zero-order chi connectivity index (χ0) is 13.9. The van der Waals surface area contributed by atoms with Crippen LogP contribution in [-0.2, 0) is 6.54 Å². The third-order valence-electron chi connectivity index (χ3n) is 3.30. The number of aromatic amines is 1. The van der Waals surface area contributed by atoms with Crippen LogP contribution in [0.25, 0.3) is 10.9 Å². The number of benzene rings is 1. The van der Waals surface area contributed by atoms with Crippen LogP contribution in [-0.4, -0.2) is 37.1 Å². The van der Waals surface area contributed by atoms with Gasteiger partial charge in [0.1, 0.15) is 0 Å². The fraction of sp³-hybridized carbons (Fsp3) is 0.500. The van der Waals surface area contributed by atoms with Crippen molar-refractivity contribution in [3.8, 4) is 0 Å². The lowest BCUT2D eigenvalue weighted by molar-refractivity contribution is 0.232. The van der Waals surface area contributed by atoms with E-state index in [1.165, 1.54) is 16.5 Å². The first-order valence-electron chi connectivity index (χ1n) is 6.88. The molecule has 0 radical (unpaired) electrons. The summed E-state index contributed by atoms with van der Waals surface area (Å²) in [5.74, 6) is 0. The van der Waals surface area contributed by atoms with E-state index in [1.54, 1.807) is 0 Å². The molecular formula is C16H25N3. The second-order valence-corrected chi connectivity index (χ2v) is 6.40. The first-order valence-corrected chi connectivity index (χ1v) is 6.88. The number of hydrogen-bond acceptors (Lipinski definition) is 2. The number of nitrogens with zero attached hydrogens (tertiary/aromatic N) is 1. The quantitative estimate of drug-likeness (QED) is 0.836. The van der Waals surface area contributed by atoms with Crippen molar-refractivity contribution in [2.45, 2.75) is 20.4 Å². The van der Waals surface area contributed by atoms with E-state index in [0.717, 1.165) is 19.6 Å². The zero-order valence-corrected chi connectivity index (χ0v) is 12.5. The van der Waals surface area contributed by atoms with Crippen molar-refractivity contribution in [3.05, 3.63) is 36.0 Å². The minimum absolute atomic E-state index is 0.292. The molecule has 0 saturated heterocycles. The van der Waals surface area contributed by atoms with E-state index < -0.39 is 0 Å². The minimum Gasteiger partial charge on any atom is -0.361 e. The molecule has 0 amide bonds. The molecule has 0 aliphatic heterocycles. The maximum Gasteiger partial charge on any atom is 0.0457 e. The summed E-state index contributed by atoms with van der Waals surface area (Å²) in [5, 5.41) is 4.84. The standard InChI is InChI=1S/C16H25N3/c1-16(2,12-19(3)4)11-17-10-13-5-6-14-7-8-18-15(14)9-13/h5-9,17-18H,10-12H2,1-4H3. The molecule has 2 aromatic rings. The molecule has 0 saturated carbocycles. The molecule has 1 aromatic carbocycles. The molecule has 0 bridgehead atoms. The summed E-state index contributed by atoms with van der Waals surface area (Å²) in [7, 11) is 4.25. The summed E-state index contributed by atoms with van der Waals surface area (Å²) < 4.78 is 0. The van der Waals surface area contributed by atoms with E-state index in [9.17, 15) is 0 Å². The highest BCUT2D eigenvalue weighted by molar-refractivity contribution is 5.79. The van der Waals surface area contributed by atoms with E-state index in [-0.39, 0.29) is 0 Å². The van der Waals surface area contributed by atoms with Crippen LogP contribution in [0.1, 0.15) is 19.4 Å². The largest absolute Gasteiger partial charge is 0.361 e. The normalized spacial score (nSPS) is 12.5. The summed E-state index contributed by atoms with van der Waals surface area (Å²) >= 11 is 0. The lowest BCUT2D eigenvalue weighted by Gasteiger charge is -2.28. The van der Waals surface area contributed by atoms with Gasteiger partial charge in [-0.05, 0) is 42.6 Å². The summed E-state index contributed by atoms with van der Waals surface area (Å²) in [5.41, 5.74) is 2.84. The number of aromatic nitrogens is 1. The molecule has 0 atom stereocenters. The topological polar surface area (TPSA) is 31.1 Å². The summed E-state index contributed by atoms with van der Waals surface area (Å²) in [6, 6.07) is 8.70. The van der Waals surface area contributed by atoms with Crippen LogP contribution >= 0.6 is 0 Å². The van der Waals surface area contributed by atoms with Gasteiger partial charge in [0.25, 0.3) is 0 Å². The van der Waals surface area contributed by atoms with Crippen LogP contribution in [0.5, 0.6) is 0 Å². The van der Waals surface area contributed by atoms with Gasteiger partial charge < -0.3 is 15.2 Å². The smallest absolute Gasteiger partial charge is 0.0457 e. The number of rotatable bonds is 6. The molecule has 1 aromatic heterocycles. The molecule has 0 spiro atoms. The Morgan fingerprint density at radius 2 is 2.00 bits per heavy atom. The van der Waals surface area contributed by atoms with Crippen LogP contribution in [0, 0.1) is 5.41 Å². The second-order valence-electron chi connectivity index (χ2n) is 6.40. The van der Waals surface area contributed by atoms with Crippen LogP contribution in [0.3, 0.4) is 0 Å². The van der Waals surface area contributed by atoms with Crippen molar-refractivity contribution in [1.29, 1.82) is 0 Å². The molecule has 2 N–H and O–H groups in total. The van der Waals surface area contributed by atoms with Crippen LogP contribution < -0.4 is 5.32 Å². The third-order valence-corrected chi connectivity index (χ3v) is 3.30. The average Bonchev–Trinajstić information content (AvgIpc) is 2.74. The summed E-state index contributed by atoms with van der Waals surface area (Å²) in [4.78, 5) is 5.50. The molecule has 3 nitrogen and oxygen atoms in total. The molecule has 0 fully saturated rings. The zero-order valence-electron chi connectivity index (χ0n) is 12.5. The van der Waals surface area contributed by atoms with Crippen molar-refractivity contribution in [2.75, 3.05) is 27.2 Å². The Hall–Kier alpha value is -1.32. The highest BCUT2D eigenvalue weighted by Crippen LogP contribution is 2.16. The molecule has 0 aliphatic carbocycles. The summed E-state index contributed by atoms with van der Waals surface area (Å²) in [6.45, 7) is 7.64. The molecule has 3 heteroatoms. The molecule has 104 valence electrons. The second kappa shape index (κ2) is 5.76. The first kappa shape index (κ1) is 14.1. The fourth-order valence-electron chi connectivity index (χ4n) is 2.66. The van der Waals surface area contributed by atoms with Gasteiger partial charge in [-0.3, -0.25) is 0 Å². The van der Waals surface area contributed by atoms with Gasteiger partial charge in [0.15, 0.2) is 0 Å². The van der Waals surface area contributed by atoms with Crippen molar-refractivity contribution in [1.82, 2.24) is 15.2 Å². The maximum absolute atomic E-state index is 3.56. The van der Waals surface area contributed by atoms with Crippen molar-refractivity contribution < 1.29 is 0 Å². The number of nitrogens with one attached hydrogen (secondary N) is 2. The number of fused-ring (bicyclic) bond motifs is 1. The van der Waals surface area contributed by atoms with Crippen LogP contribution in [0.4, 0.5) is 0 Å². The Labute approximate surface area is 116 Å². The van der Waals surface area contributed by atoms with E-state index in [4.69, 9.17) is 0 Å². The lowest BCUT2D eigenvalue weighted by atomic mass is 9.93. The average molecular weight is 259 g/mol. The van der Waals surface area contributed by atoms with Gasteiger partial charge in [-0.15, -0.1) is 0 Å². The van der Waals surface area contributed by atoms with Crippen molar-refractivity contribution in [3.63, 3.8) is 0 Å². The van der Waals surface area contributed by atoms with Crippen LogP contribution in [0.15, 0.2) is 30.5 Å². The van der Waals surface area contributed by atoms with Crippen LogP contribution in [0.2, 0.25) is 0 Å². The Morgan fingerprint density at radius 3 is 2.74 bits per heavy atom. The predicted octanol–water partition coefficient (Wildman–Crippen LogP) is 2.85. The third kappa shape index (κ3) is 4.08. The summed E-state index contributed by atoms with van der Waals surface area (Å²) in [6.07, 6.45) is 1.99. The van der Waals surface area contributed by atoms with Gasteiger partial charge in [0.05, 0.1) is 0 Å². The van der Waals surface area contributed by atoms with E-state index >= 15 is 0 Å². The molecule has 19 heavy (non-hydrogen) atoms. The van der Waals surface area contributed by atoms with E-state index in [1.807, 2.05) is 6.20 Å². The first-order chi connectivity index (χ1) is 8.96. The Balaban J connectivity index is 1.88. The van der Waals surface area contributed by atoms with Gasteiger partial charge >= 0.3 is 0 Å². The highest BCUT2D eigenvalue weighted by Gasteiger charge is 2.17. The van der Waals surface area contributed by atoms with E-state index in [2.05, 4.69) is 67.4 Å². The van der Waals surface area contributed by atoms with Crippen molar-refractivity contribution in [2.24, 2.45) is 5.41 Å². The Morgan fingerprint density at radius 1 is 1.21 bits per heavy atom. The van der Waals surface area contributed by atoms with E-state index in [0.29, 0.717) is 5.41 Å². The predicted molar refractivity (Wildman–Crippen MR) is 82.3 cm³/mol. The Bertz CT molecular complexity index is 526. The highest BCUT2D eigenvalue weighted by atomic mass is 15.1. The van der Waals surface area contributed by atoms with Gasteiger partial charge in [-0.2, -0.15) is 0 Å². The SMILES string of the molecule is CN(C)CC(C)(C)CNCc1ccc2cc[nH]c2c1. The lowest BCUT2D eigenvalue weighted by Crippen LogP contribution is -2.37. The number of H-pyrrole nitrogens is 1. The van der Waals surface area contributed by atoms with Gasteiger partial charge in [-0.25, -0.2) is 0 Å². The monoisotopic (exact) mass is 259 g/mol. The minimum atomic E-state index is 0.292. The molecule has 2 rings (SSSR count). The van der Waals surface area contributed by atoms with Crippen molar-refractivity contribution >= 4 is 10.9 Å². The molecule has 0 unspecified atom stereocenters. The Kier molecular flexibility index (Phi) is 4.27. The molecule has 1 heterocycles. The fourth-order valence-corrected chi connectivity index (χ4v) is 2.66. The number of hydrogen-bond donors (Lipinski definition) is 2. The van der Waals surface area contributed by atoms with Gasteiger partial charge in [-0.1, -0.05) is 26.0 Å². The molecular weight excluding hydrogens is 234 g/mol. The van der Waals surface area contributed by atoms with Gasteiger partial charge in [0, 0.05) is 31.3 Å². The van der Waals surface area contributed by atoms with Gasteiger partial charge in [0.2, 0.25) is 0 Å². The molecule has 0 aliphatic rings. The maximum atomic E-state index is 3.56.